The molecule has 0 spiro atoms. The van der Waals surface area contributed by atoms with Crippen LogP contribution < -0.4 is 5.32 Å². The van der Waals surface area contributed by atoms with Crippen LogP contribution in [0.15, 0.2) is 41.8 Å². The zero-order valence-corrected chi connectivity index (χ0v) is 18.8. The number of sulfonamides is 1. The minimum Gasteiger partial charge on any atom is -0.356 e. The van der Waals surface area contributed by atoms with Crippen molar-refractivity contribution in [2.24, 2.45) is 0 Å². The van der Waals surface area contributed by atoms with Gasteiger partial charge in [-0.15, -0.1) is 6.58 Å². The number of nitrogens with one attached hydrogen (secondary N) is 1. The summed E-state index contributed by atoms with van der Waals surface area (Å²) in [6.45, 7) is 4.60. The fourth-order valence-corrected chi connectivity index (χ4v) is 4.52. The molecule has 0 bridgehead atoms. The number of non-ortho nitro benzene ring substituents is 1. The summed E-state index contributed by atoms with van der Waals surface area (Å²) >= 11 is 3.34. The summed E-state index contributed by atoms with van der Waals surface area (Å²) in [7, 11) is -3.77. The molecule has 0 unspecified atom stereocenters. The van der Waals surface area contributed by atoms with Crippen molar-refractivity contribution in [2.75, 3.05) is 25.0 Å². The molecule has 1 amide bonds. The fourth-order valence-electron chi connectivity index (χ4n) is 2.60. The molecule has 0 aromatic heterocycles. The number of hydrogen-bond acceptors (Lipinski definition) is 5. The molecule has 0 radical (unpaired) electrons. The topological polar surface area (TPSA) is 110 Å². The van der Waals surface area contributed by atoms with Gasteiger partial charge >= 0.3 is 0 Å². The highest BCUT2D eigenvalue weighted by atomic mass is 79.9. The second-order valence-corrected chi connectivity index (χ2v) is 9.17. The highest BCUT2D eigenvalue weighted by Crippen LogP contribution is 2.20. The maximum Gasteiger partial charge on any atom is 0.269 e. The largest absolute Gasteiger partial charge is 0.356 e. The summed E-state index contributed by atoms with van der Waals surface area (Å²) in [6, 6.07) is 4.89. The summed E-state index contributed by atoms with van der Waals surface area (Å²) in [5.74, 6) is -0.0593. The van der Waals surface area contributed by atoms with E-state index in [1.54, 1.807) is 6.08 Å². The van der Waals surface area contributed by atoms with Crippen molar-refractivity contribution in [2.45, 2.75) is 43.4 Å². The summed E-state index contributed by atoms with van der Waals surface area (Å²) < 4.78 is 27.3. The van der Waals surface area contributed by atoms with E-state index < -0.39 is 14.9 Å². The van der Waals surface area contributed by atoms with Crippen molar-refractivity contribution in [3.05, 3.63) is 47.0 Å². The first-order chi connectivity index (χ1) is 13.8. The number of allylic oxidation sites excluding steroid dienone is 1. The number of carbonyl (C=O) groups excluding carboxylic acids is 1. The van der Waals surface area contributed by atoms with Crippen molar-refractivity contribution in [1.82, 2.24) is 9.62 Å². The third kappa shape index (κ3) is 9.05. The van der Waals surface area contributed by atoms with Gasteiger partial charge in [0.1, 0.15) is 0 Å². The number of benzene rings is 1. The minimum absolute atomic E-state index is 0.0235. The van der Waals surface area contributed by atoms with Crippen LogP contribution in [0.25, 0.3) is 0 Å². The molecule has 0 atom stereocenters. The number of rotatable bonds is 15. The number of carbonyl (C=O) groups is 1. The van der Waals surface area contributed by atoms with Crippen LogP contribution in [0.2, 0.25) is 0 Å². The third-order valence-corrected chi connectivity index (χ3v) is 6.67. The highest BCUT2D eigenvalue weighted by Gasteiger charge is 2.24. The van der Waals surface area contributed by atoms with Crippen molar-refractivity contribution in [3.8, 4) is 0 Å². The molecule has 0 aliphatic rings. The Kier molecular flexibility index (Phi) is 11.7. The van der Waals surface area contributed by atoms with E-state index in [1.807, 2.05) is 0 Å². The zero-order valence-electron chi connectivity index (χ0n) is 16.4. The van der Waals surface area contributed by atoms with Gasteiger partial charge in [-0.3, -0.25) is 14.9 Å². The van der Waals surface area contributed by atoms with E-state index >= 15 is 0 Å². The SMILES string of the molecule is C=CCCCC(=O)NCCCN(CCCCBr)S(=O)(=O)c1ccc([N+](=O)[O-])cc1. The fraction of sp³-hybridized carbons (Fsp3) is 0.526. The maximum absolute atomic E-state index is 13.0. The standard InChI is InChI=1S/C19H28BrN3O5S/c1-2-3-4-8-19(24)21-14-7-16-22(15-6-5-13-20)29(27,28)18-11-9-17(10-12-18)23(25)26/h2,9-12H,1,3-8,13-16H2,(H,21,24). The number of hydrogen-bond donors (Lipinski definition) is 1. The van der Waals surface area contributed by atoms with Gasteiger partial charge in [-0.2, -0.15) is 4.31 Å². The van der Waals surface area contributed by atoms with Crippen molar-refractivity contribution >= 4 is 37.5 Å². The van der Waals surface area contributed by atoms with E-state index in [-0.39, 0.29) is 23.0 Å². The Morgan fingerprint density at radius 2 is 1.83 bits per heavy atom. The van der Waals surface area contributed by atoms with Crippen LogP contribution in [0.3, 0.4) is 0 Å². The predicted octanol–water partition coefficient (Wildman–Crippen LogP) is 3.62. The Hall–Kier alpha value is -1.78. The lowest BCUT2D eigenvalue weighted by atomic mass is 10.2. The molecule has 0 saturated carbocycles. The van der Waals surface area contributed by atoms with E-state index in [1.165, 1.54) is 28.6 Å². The van der Waals surface area contributed by atoms with E-state index in [0.717, 1.165) is 24.6 Å². The van der Waals surface area contributed by atoms with Crippen LogP contribution in [0.4, 0.5) is 5.69 Å². The third-order valence-electron chi connectivity index (χ3n) is 4.20. The van der Waals surface area contributed by atoms with Crippen LogP contribution in [0.1, 0.15) is 38.5 Å². The quantitative estimate of drug-likeness (QED) is 0.133. The molecular weight excluding hydrogens is 462 g/mol. The Bertz CT molecular complexity index is 769. The number of unbranched alkanes of at least 4 members (excludes halogenated alkanes) is 2. The predicted molar refractivity (Wildman–Crippen MR) is 117 cm³/mol. The van der Waals surface area contributed by atoms with Crippen molar-refractivity contribution < 1.29 is 18.1 Å². The molecule has 0 aliphatic carbocycles. The van der Waals surface area contributed by atoms with Gasteiger partial charge < -0.3 is 5.32 Å². The Morgan fingerprint density at radius 1 is 1.17 bits per heavy atom. The summed E-state index contributed by atoms with van der Waals surface area (Å²) in [5.41, 5.74) is -0.158. The molecule has 162 valence electrons. The van der Waals surface area contributed by atoms with E-state index in [0.29, 0.717) is 32.4 Å². The van der Waals surface area contributed by atoms with Crippen molar-refractivity contribution in [1.29, 1.82) is 0 Å². The molecule has 0 fully saturated rings. The molecule has 8 nitrogen and oxygen atoms in total. The molecular formula is C19H28BrN3O5S. The average molecular weight is 490 g/mol. The first-order valence-corrected chi connectivity index (χ1v) is 12.1. The number of alkyl halides is 1. The van der Waals surface area contributed by atoms with Gasteiger partial charge in [-0.1, -0.05) is 22.0 Å². The van der Waals surface area contributed by atoms with Gasteiger partial charge in [0.05, 0.1) is 9.82 Å². The molecule has 1 rings (SSSR count). The van der Waals surface area contributed by atoms with E-state index in [4.69, 9.17) is 0 Å². The molecule has 0 aliphatic heterocycles. The number of nitro groups is 1. The van der Waals surface area contributed by atoms with Crippen LogP contribution >= 0.6 is 15.9 Å². The molecule has 1 aromatic rings. The molecule has 10 heteroatoms. The summed E-state index contributed by atoms with van der Waals surface area (Å²) in [4.78, 5) is 22.0. The highest BCUT2D eigenvalue weighted by molar-refractivity contribution is 9.09. The number of nitrogens with zero attached hydrogens (tertiary/aromatic N) is 2. The number of halogens is 1. The monoisotopic (exact) mass is 489 g/mol. The average Bonchev–Trinajstić information content (AvgIpc) is 2.70. The second kappa shape index (κ2) is 13.4. The molecule has 0 saturated heterocycles. The molecule has 0 heterocycles. The van der Waals surface area contributed by atoms with Crippen LogP contribution in [0.5, 0.6) is 0 Å². The Labute approximate surface area is 180 Å². The molecule has 1 N–H and O–H groups in total. The molecule has 29 heavy (non-hydrogen) atoms. The van der Waals surface area contributed by atoms with Gasteiger partial charge in [0, 0.05) is 43.5 Å². The summed E-state index contributed by atoms with van der Waals surface area (Å²) in [5, 5.41) is 14.4. The van der Waals surface area contributed by atoms with E-state index in [2.05, 4.69) is 27.8 Å². The van der Waals surface area contributed by atoms with Gasteiger partial charge in [0.15, 0.2) is 0 Å². The lowest BCUT2D eigenvalue weighted by Crippen LogP contribution is -2.35. The number of amides is 1. The first kappa shape index (κ1) is 25.3. The van der Waals surface area contributed by atoms with Gasteiger partial charge in [-0.25, -0.2) is 8.42 Å². The Morgan fingerprint density at radius 3 is 2.41 bits per heavy atom. The van der Waals surface area contributed by atoms with Gasteiger partial charge in [0.25, 0.3) is 5.69 Å². The lowest BCUT2D eigenvalue weighted by molar-refractivity contribution is -0.384. The second-order valence-electron chi connectivity index (χ2n) is 6.44. The minimum atomic E-state index is -3.77. The Balaban J connectivity index is 2.71. The van der Waals surface area contributed by atoms with Gasteiger partial charge in [-0.05, 0) is 44.2 Å². The maximum atomic E-state index is 13.0. The van der Waals surface area contributed by atoms with Crippen molar-refractivity contribution in [3.63, 3.8) is 0 Å². The number of nitro benzene ring substituents is 1. The summed E-state index contributed by atoms with van der Waals surface area (Å²) in [6.07, 6.45) is 5.69. The van der Waals surface area contributed by atoms with Gasteiger partial charge in [0.2, 0.25) is 15.9 Å². The van der Waals surface area contributed by atoms with Crippen LogP contribution in [-0.4, -0.2) is 48.5 Å². The normalized spacial score (nSPS) is 11.4. The van der Waals surface area contributed by atoms with Crippen LogP contribution in [0, 0.1) is 10.1 Å². The first-order valence-electron chi connectivity index (χ1n) is 9.51. The zero-order chi connectivity index (χ0) is 21.7. The van der Waals surface area contributed by atoms with E-state index in [9.17, 15) is 23.3 Å². The lowest BCUT2D eigenvalue weighted by Gasteiger charge is -2.22. The van der Waals surface area contributed by atoms with Crippen LogP contribution in [-0.2, 0) is 14.8 Å². The molecule has 1 aromatic carbocycles. The smallest absolute Gasteiger partial charge is 0.269 e.